The standard InChI is InChI=1S/C53H93N7O28S3/c61-17-25-31(67)32(68)39(75)50(83-25)86-42-26(18-62)80-45(36(72)33(42)69)59-53(91)56-9-12-60(10-7-54-51(89)57-15-23-21-5-1-3-13-78-46-40(76)34(70)43(27(19-63)84-46)87-48(81-23)37(73)29(21)65)11-8-55-52(90)58-16-24-22-6-2-4-14-79-47-41(77)35(71)44(28(20-64)85-47)88-49(82-24)38(74)30(22)66/h21-50,61-77H,1-20H2,(H2,54,57,89)(H2,55,58,90)(H2,56,59,91). The molecule has 38 heteroatoms. The van der Waals surface area contributed by atoms with E-state index in [2.05, 4.69) is 31.9 Å². The molecule has 8 bridgehead atoms. The minimum absolute atomic E-state index is 0.0183. The summed E-state index contributed by atoms with van der Waals surface area (Å²) in [5.74, 6) is -1.24. The van der Waals surface area contributed by atoms with Crippen molar-refractivity contribution in [3.8, 4) is 0 Å². The number of nitrogens with one attached hydrogen (secondary N) is 6. The highest BCUT2D eigenvalue weighted by Crippen LogP contribution is 2.37. The van der Waals surface area contributed by atoms with Gasteiger partial charge in [-0.15, -0.1) is 0 Å². The van der Waals surface area contributed by atoms with Gasteiger partial charge in [0.1, 0.15) is 110 Å². The van der Waals surface area contributed by atoms with Crippen LogP contribution in [0, 0.1) is 11.8 Å². The molecule has 30 atom stereocenters. The molecule has 0 amide bonds. The SMILES string of the molecule is OCC1OC(OC2C(CO)OC(NC(=S)NCCN(CCNC(=S)NCC3OC4OC5C(CO)OC(OCCCCC3C(O)C4O)C(O)C5O)CCNC(=S)NCC3OC4OC5C(CO)OC(OCCCCC3C(O)C4O)C(O)C5O)C(O)C2O)C(O)C(O)C1O. The lowest BCUT2D eigenvalue weighted by Gasteiger charge is -2.47. The molecule has 0 aromatic rings. The number of hydrogen-bond donors (Lipinski definition) is 23. The van der Waals surface area contributed by atoms with Gasteiger partial charge in [0, 0.05) is 77.4 Å². The minimum atomic E-state index is -1.85. The van der Waals surface area contributed by atoms with Gasteiger partial charge in [-0.25, -0.2) is 0 Å². The first-order chi connectivity index (χ1) is 43.6. The Hall–Kier alpha value is -2.09. The number of ether oxygens (including phenoxy) is 11. The highest BCUT2D eigenvalue weighted by Gasteiger charge is 2.55. The maximum atomic E-state index is 11.4. The molecule has 0 aromatic carbocycles. The van der Waals surface area contributed by atoms with Crippen molar-refractivity contribution in [3.05, 3.63) is 0 Å². The lowest BCUT2D eigenvalue weighted by Crippen LogP contribution is -2.67. The van der Waals surface area contributed by atoms with Crippen molar-refractivity contribution in [3.63, 3.8) is 0 Å². The molecule has 0 saturated carbocycles. The van der Waals surface area contributed by atoms with Crippen molar-refractivity contribution in [2.24, 2.45) is 11.8 Å². The van der Waals surface area contributed by atoms with E-state index in [0.717, 1.165) is 0 Å². The van der Waals surface area contributed by atoms with Gasteiger partial charge in [-0.3, -0.25) is 4.90 Å². The Morgan fingerprint density at radius 3 is 1.26 bits per heavy atom. The zero-order chi connectivity index (χ0) is 65.8. The number of aliphatic hydroxyl groups is 17. The van der Waals surface area contributed by atoms with E-state index in [1.165, 1.54) is 0 Å². The summed E-state index contributed by atoms with van der Waals surface area (Å²) in [6, 6.07) is 0. The van der Waals surface area contributed by atoms with Gasteiger partial charge in [-0.2, -0.15) is 0 Å². The fourth-order valence-electron chi connectivity index (χ4n) is 12.4. The molecule has 23 N–H and O–H groups in total. The van der Waals surface area contributed by atoms with Crippen LogP contribution < -0.4 is 31.9 Å². The molecule has 91 heavy (non-hydrogen) atoms. The zero-order valence-electron chi connectivity index (χ0n) is 49.7. The van der Waals surface area contributed by atoms with Crippen LogP contribution >= 0.6 is 36.7 Å². The third-order valence-electron chi connectivity index (χ3n) is 17.7. The van der Waals surface area contributed by atoms with Crippen LogP contribution in [0.2, 0.25) is 0 Å². The molecule has 30 unspecified atom stereocenters. The Kier molecular flexibility index (Phi) is 29.1. The molecular weight excluding hydrogens is 1280 g/mol. The van der Waals surface area contributed by atoms with E-state index in [4.69, 9.17) is 88.8 Å². The molecule has 14 rings (SSSR count). The summed E-state index contributed by atoms with van der Waals surface area (Å²) in [5, 5.41) is 201. The summed E-state index contributed by atoms with van der Waals surface area (Å²) in [5.41, 5.74) is 0. The molecule has 14 aliphatic heterocycles. The van der Waals surface area contributed by atoms with Crippen molar-refractivity contribution in [2.45, 2.75) is 210 Å². The first-order valence-electron chi connectivity index (χ1n) is 30.8. The van der Waals surface area contributed by atoms with E-state index in [1.807, 2.05) is 4.90 Å². The highest BCUT2D eigenvalue weighted by atomic mass is 32.1. The Morgan fingerprint density at radius 1 is 0.385 bits per heavy atom. The Balaban J connectivity index is 0.871. The van der Waals surface area contributed by atoms with Crippen molar-refractivity contribution in [2.75, 3.05) is 92.0 Å². The summed E-state index contributed by atoms with van der Waals surface area (Å²) in [7, 11) is 0. The van der Waals surface area contributed by atoms with Crippen molar-refractivity contribution in [1.29, 1.82) is 0 Å². The second-order valence-corrected chi connectivity index (χ2v) is 25.0. The molecule has 14 fully saturated rings. The smallest absolute Gasteiger partial charge is 0.187 e. The van der Waals surface area contributed by atoms with Crippen LogP contribution in [-0.2, 0) is 52.1 Å². The van der Waals surface area contributed by atoms with Crippen LogP contribution in [0.3, 0.4) is 0 Å². The summed E-state index contributed by atoms with van der Waals surface area (Å²) in [6.45, 7) is -0.952. The number of hydrogen-bond acceptors (Lipinski definition) is 32. The summed E-state index contributed by atoms with van der Waals surface area (Å²) in [4.78, 5) is 1.99. The third kappa shape index (κ3) is 18.8. The van der Waals surface area contributed by atoms with Crippen LogP contribution in [0.5, 0.6) is 0 Å². The molecule has 0 aromatic heterocycles. The second-order valence-electron chi connectivity index (χ2n) is 23.8. The Labute approximate surface area is 540 Å². The van der Waals surface area contributed by atoms with Crippen LogP contribution in [0.4, 0.5) is 0 Å². The topological polar surface area (TPSA) is 521 Å². The summed E-state index contributed by atoms with van der Waals surface area (Å²) < 4.78 is 64.0. The average Bonchev–Trinajstić information content (AvgIpc) is 0.976. The molecule has 14 aliphatic rings. The predicted molar refractivity (Wildman–Crippen MR) is 317 cm³/mol. The van der Waals surface area contributed by atoms with Gasteiger partial charge >= 0.3 is 0 Å². The quantitative estimate of drug-likeness (QED) is 0.0503. The van der Waals surface area contributed by atoms with E-state index in [1.54, 1.807) is 0 Å². The van der Waals surface area contributed by atoms with Gasteiger partial charge in [0.2, 0.25) is 0 Å². The molecular formula is C53H93N7O28S3. The zero-order valence-corrected chi connectivity index (χ0v) is 52.2. The van der Waals surface area contributed by atoms with Crippen molar-refractivity contribution < 1.29 is 139 Å². The lowest BCUT2D eigenvalue weighted by atomic mass is 9.84. The fourth-order valence-corrected chi connectivity index (χ4v) is 13.0. The normalized spacial score (nSPS) is 44.1. The average molecular weight is 1370 g/mol. The first kappa shape index (κ1) is 74.7. The van der Waals surface area contributed by atoms with Crippen LogP contribution in [0.1, 0.15) is 38.5 Å². The summed E-state index contributed by atoms with van der Waals surface area (Å²) >= 11 is 16.9. The number of rotatable bonds is 20. The number of aliphatic hydroxyl groups excluding tert-OH is 17. The van der Waals surface area contributed by atoms with E-state index < -0.39 is 210 Å². The van der Waals surface area contributed by atoms with Gasteiger partial charge in [0.05, 0.1) is 50.8 Å². The van der Waals surface area contributed by atoms with Gasteiger partial charge in [-0.05, 0) is 62.3 Å². The summed E-state index contributed by atoms with van der Waals surface area (Å²) in [6.07, 6.45) is -38.1. The molecule has 0 spiro atoms. The van der Waals surface area contributed by atoms with E-state index in [9.17, 15) is 86.8 Å². The van der Waals surface area contributed by atoms with Crippen LogP contribution in [0.15, 0.2) is 0 Å². The van der Waals surface area contributed by atoms with Gasteiger partial charge < -0.3 is 171 Å². The van der Waals surface area contributed by atoms with E-state index in [0.29, 0.717) is 51.6 Å². The van der Waals surface area contributed by atoms with Crippen LogP contribution in [0.25, 0.3) is 0 Å². The van der Waals surface area contributed by atoms with Crippen molar-refractivity contribution in [1.82, 2.24) is 36.8 Å². The van der Waals surface area contributed by atoms with Gasteiger partial charge in [-0.1, -0.05) is 12.8 Å². The third-order valence-corrected chi connectivity index (χ3v) is 18.5. The second kappa shape index (κ2) is 35.4. The molecule has 526 valence electrons. The lowest BCUT2D eigenvalue weighted by molar-refractivity contribution is -0.355. The van der Waals surface area contributed by atoms with Gasteiger partial charge in [0.25, 0.3) is 0 Å². The molecule has 0 radical (unpaired) electrons. The Bertz CT molecular complexity index is 2140. The number of nitrogens with zero attached hydrogens (tertiary/aromatic N) is 1. The minimum Gasteiger partial charge on any atom is -0.394 e. The first-order valence-corrected chi connectivity index (χ1v) is 32.0. The highest BCUT2D eigenvalue weighted by molar-refractivity contribution is 7.80. The largest absolute Gasteiger partial charge is 0.394 e. The molecule has 14 heterocycles. The Morgan fingerprint density at radius 2 is 0.813 bits per heavy atom. The van der Waals surface area contributed by atoms with Crippen molar-refractivity contribution >= 4 is 52.0 Å². The monoisotopic (exact) mass is 1370 g/mol. The maximum Gasteiger partial charge on any atom is 0.187 e. The van der Waals surface area contributed by atoms with E-state index in [-0.39, 0.29) is 67.8 Å². The van der Waals surface area contributed by atoms with E-state index >= 15 is 0 Å². The molecule has 0 aliphatic carbocycles. The van der Waals surface area contributed by atoms with Crippen LogP contribution in [-0.4, -0.2) is 371 Å². The number of thiocarbonyl (C=S) groups is 3. The maximum absolute atomic E-state index is 11.4. The molecule has 14 saturated heterocycles. The fraction of sp³-hybridized carbons (Fsp3) is 0.943. The van der Waals surface area contributed by atoms with Gasteiger partial charge in [0.15, 0.2) is 53.0 Å². The predicted octanol–water partition coefficient (Wildman–Crippen LogP) is -11.5. The molecule has 35 nitrogen and oxygen atoms in total.